The fourth-order valence-electron chi connectivity index (χ4n) is 1.83. The van der Waals surface area contributed by atoms with Crippen LogP contribution in [0.2, 0.25) is 0 Å². The number of anilines is 1. The molecule has 0 saturated carbocycles. The van der Waals surface area contributed by atoms with E-state index in [4.69, 9.17) is 0 Å². The summed E-state index contributed by atoms with van der Waals surface area (Å²) < 4.78 is 0. The molecule has 90 valence electrons. The number of nitrogens with zero attached hydrogens (tertiary/aromatic N) is 2. The van der Waals surface area contributed by atoms with E-state index in [9.17, 15) is 9.59 Å². The molecule has 1 aliphatic rings. The number of likely N-dealkylation sites (tertiary alicyclic amines) is 1. The molecular formula is C12H15N3O2. The zero-order chi connectivity index (χ0) is 12.3. The van der Waals surface area contributed by atoms with E-state index in [0.29, 0.717) is 18.8 Å². The molecule has 1 N–H and O–H groups in total. The Morgan fingerprint density at radius 2 is 2.41 bits per heavy atom. The van der Waals surface area contributed by atoms with E-state index < -0.39 is 0 Å². The van der Waals surface area contributed by atoms with Crippen molar-refractivity contribution in [3.05, 3.63) is 23.9 Å². The second-order valence-corrected chi connectivity index (χ2v) is 4.19. The lowest BCUT2D eigenvalue weighted by atomic mass is 10.3. The molecule has 5 heteroatoms. The van der Waals surface area contributed by atoms with Gasteiger partial charge in [0, 0.05) is 19.2 Å². The van der Waals surface area contributed by atoms with Gasteiger partial charge >= 0.3 is 0 Å². The maximum Gasteiger partial charge on any atom is 0.245 e. The highest BCUT2D eigenvalue weighted by atomic mass is 16.2. The van der Waals surface area contributed by atoms with Crippen LogP contribution >= 0.6 is 0 Å². The highest BCUT2D eigenvalue weighted by Crippen LogP contribution is 2.10. The molecule has 0 aliphatic carbocycles. The molecule has 0 spiro atoms. The van der Waals surface area contributed by atoms with E-state index >= 15 is 0 Å². The maximum absolute atomic E-state index is 11.7. The number of nitrogens with one attached hydrogen (secondary N) is 1. The van der Waals surface area contributed by atoms with Crippen LogP contribution in [0, 0.1) is 6.92 Å². The lowest BCUT2D eigenvalue weighted by Crippen LogP contribution is -2.34. The van der Waals surface area contributed by atoms with E-state index in [2.05, 4.69) is 10.3 Å². The average Bonchev–Trinajstić information content (AvgIpc) is 2.64. The lowest BCUT2D eigenvalue weighted by molar-refractivity contribution is -0.131. The van der Waals surface area contributed by atoms with E-state index in [-0.39, 0.29) is 18.4 Å². The van der Waals surface area contributed by atoms with Crippen LogP contribution in [0.3, 0.4) is 0 Å². The SMILES string of the molecule is Cc1ccnc(NC(=O)CN2CCCC2=O)c1. The van der Waals surface area contributed by atoms with Gasteiger partial charge in [-0.2, -0.15) is 0 Å². The summed E-state index contributed by atoms with van der Waals surface area (Å²) in [6.45, 7) is 2.73. The minimum absolute atomic E-state index is 0.0531. The first-order valence-electron chi connectivity index (χ1n) is 5.65. The van der Waals surface area contributed by atoms with Crippen molar-refractivity contribution in [3.63, 3.8) is 0 Å². The minimum Gasteiger partial charge on any atom is -0.333 e. The van der Waals surface area contributed by atoms with Gasteiger partial charge in [-0.3, -0.25) is 9.59 Å². The van der Waals surface area contributed by atoms with Gasteiger partial charge in [0.15, 0.2) is 0 Å². The predicted molar refractivity (Wildman–Crippen MR) is 63.4 cm³/mol. The number of hydrogen-bond donors (Lipinski definition) is 1. The van der Waals surface area contributed by atoms with Gasteiger partial charge in [-0.1, -0.05) is 0 Å². The molecule has 0 radical (unpaired) electrons. The molecular weight excluding hydrogens is 218 g/mol. The average molecular weight is 233 g/mol. The largest absolute Gasteiger partial charge is 0.333 e. The van der Waals surface area contributed by atoms with Gasteiger partial charge in [0.05, 0.1) is 6.54 Å². The van der Waals surface area contributed by atoms with Crippen LogP contribution in [0.4, 0.5) is 5.82 Å². The molecule has 2 heterocycles. The third-order valence-corrected chi connectivity index (χ3v) is 2.69. The van der Waals surface area contributed by atoms with Crippen LogP contribution in [0.25, 0.3) is 0 Å². The molecule has 1 aromatic rings. The predicted octanol–water partition coefficient (Wildman–Crippen LogP) is 0.951. The summed E-state index contributed by atoms with van der Waals surface area (Å²) in [4.78, 5) is 28.6. The Kier molecular flexibility index (Phi) is 3.37. The number of carbonyl (C=O) groups is 2. The van der Waals surface area contributed by atoms with Gasteiger partial charge in [-0.25, -0.2) is 4.98 Å². The first-order chi connectivity index (χ1) is 8.15. The summed E-state index contributed by atoms with van der Waals surface area (Å²) in [5, 5.41) is 2.69. The summed E-state index contributed by atoms with van der Waals surface area (Å²) in [6.07, 6.45) is 3.04. The summed E-state index contributed by atoms with van der Waals surface area (Å²) in [5.74, 6) is 0.386. The molecule has 2 amide bonds. The molecule has 17 heavy (non-hydrogen) atoms. The van der Waals surface area contributed by atoms with Crippen LogP contribution in [-0.4, -0.2) is 34.8 Å². The first-order valence-corrected chi connectivity index (χ1v) is 5.65. The molecule has 0 aromatic carbocycles. The Morgan fingerprint density at radius 1 is 1.59 bits per heavy atom. The summed E-state index contributed by atoms with van der Waals surface area (Å²) in [6, 6.07) is 3.66. The van der Waals surface area contributed by atoms with Crippen LogP contribution < -0.4 is 5.32 Å². The monoisotopic (exact) mass is 233 g/mol. The number of hydrogen-bond acceptors (Lipinski definition) is 3. The molecule has 0 atom stereocenters. The van der Waals surface area contributed by atoms with Crippen molar-refractivity contribution in [3.8, 4) is 0 Å². The Hall–Kier alpha value is -1.91. The third kappa shape index (κ3) is 3.03. The molecule has 5 nitrogen and oxygen atoms in total. The Labute approximate surface area is 99.8 Å². The van der Waals surface area contributed by atoms with Gasteiger partial charge in [0.1, 0.15) is 5.82 Å². The quantitative estimate of drug-likeness (QED) is 0.845. The van der Waals surface area contributed by atoms with Crippen molar-refractivity contribution in [1.29, 1.82) is 0 Å². The Bertz CT molecular complexity index is 445. The van der Waals surface area contributed by atoms with Gasteiger partial charge in [0.2, 0.25) is 11.8 Å². The molecule has 1 saturated heterocycles. The Morgan fingerprint density at radius 3 is 3.06 bits per heavy atom. The van der Waals surface area contributed by atoms with Crippen molar-refractivity contribution in [2.45, 2.75) is 19.8 Å². The van der Waals surface area contributed by atoms with Crippen molar-refractivity contribution >= 4 is 17.6 Å². The fraction of sp³-hybridized carbons (Fsp3) is 0.417. The summed E-state index contributed by atoms with van der Waals surface area (Å²) in [7, 11) is 0. The van der Waals surface area contributed by atoms with E-state index in [1.54, 1.807) is 17.2 Å². The standard InChI is InChI=1S/C12H15N3O2/c1-9-4-5-13-10(7-9)14-11(16)8-15-6-2-3-12(15)17/h4-5,7H,2-3,6,8H2,1H3,(H,13,14,16). The van der Waals surface area contributed by atoms with Crippen molar-refractivity contribution in [1.82, 2.24) is 9.88 Å². The number of amides is 2. The van der Waals surface area contributed by atoms with Crippen LogP contribution in [0.5, 0.6) is 0 Å². The minimum atomic E-state index is -0.196. The topological polar surface area (TPSA) is 62.3 Å². The number of aryl methyl sites for hydroxylation is 1. The lowest BCUT2D eigenvalue weighted by Gasteiger charge is -2.14. The maximum atomic E-state index is 11.7. The molecule has 2 rings (SSSR count). The smallest absolute Gasteiger partial charge is 0.245 e. The van der Waals surface area contributed by atoms with Gasteiger partial charge < -0.3 is 10.2 Å². The highest BCUT2D eigenvalue weighted by Gasteiger charge is 2.22. The summed E-state index contributed by atoms with van der Waals surface area (Å²) in [5.41, 5.74) is 1.03. The van der Waals surface area contributed by atoms with Crippen molar-refractivity contribution in [2.75, 3.05) is 18.4 Å². The van der Waals surface area contributed by atoms with Crippen LogP contribution in [0.1, 0.15) is 18.4 Å². The fourth-order valence-corrected chi connectivity index (χ4v) is 1.83. The van der Waals surface area contributed by atoms with Crippen LogP contribution in [-0.2, 0) is 9.59 Å². The summed E-state index contributed by atoms with van der Waals surface area (Å²) >= 11 is 0. The second-order valence-electron chi connectivity index (χ2n) is 4.19. The first kappa shape index (κ1) is 11.6. The van der Waals surface area contributed by atoms with Gasteiger partial charge in [0.25, 0.3) is 0 Å². The molecule has 1 fully saturated rings. The molecule has 1 aliphatic heterocycles. The number of carbonyl (C=O) groups excluding carboxylic acids is 2. The molecule has 0 bridgehead atoms. The molecule has 1 aromatic heterocycles. The van der Waals surface area contributed by atoms with E-state index in [1.807, 2.05) is 13.0 Å². The van der Waals surface area contributed by atoms with Crippen molar-refractivity contribution < 1.29 is 9.59 Å². The number of rotatable bonds is 3. The Balaban J connectivity index is 1.91. The van der Waals surface area contributed by atoms with Gasteiger partial charge in [-0.05, 0) is 31.0 Å². The number of aromatic nitrogens is 1. The van der Waals surface area contributed by atoms with Crippen molar-refractivity contribution in [2.24, 2.45) is 0 Å². The van der Waals surface area contributed by atoms with Gasteiger partial charge in [-0.15, -0.1) is 0 Å². The molecule has 0 unspecified atom stereocenters. The van der Waals surface area contributed by atoms with Crippen LogP contribution in [0.15, 0.2) is 18.3 Å². The third-order valence-electron chi connectivity index (χ3n) is 2.69. The highest BCUT2D eigenvalue weighted by molar-refractivity contribution is 5.94. The van der Waals surface area contributed by atoms with E-state index in [1.165, 1.54) is 0 Å². The second kappa shape index (κ2) is 4.95. The number of pyridine rings is 1. The zero-order valence-electron chi connectivity index (χ0n) is 9.77. The normalized spacial score (nSPS) is 15.1. The van der Waals surface area contributed by atoms with E-state index in [0.717, 1.165) is 12.0 Å². The zero-order valence-corrected chi connectivity index (χ0v) is 9.77.